The van der Waals surface area contributed by atoms with Gasteiger partial charge in [-0.15, -0.1) is 0 Å². The third-order valence-electron chi connectivity index (χ3n) is 7.97. The summed E-state index contributed by atoms with van der Waals surface area (Å²) in [4.78, 5) is 13.8. The maximum Gasteiger partial charge on any atom is 0.509 e. The van der Waals surface area contributed by atoms with Gasteiger partial charge in [-0.3, -0.25) is 0 Å². The van der Waals surface area contributed by atoms with Crippen LogP contribution in [0, 0.1) is 28.6 Å². The van der Waals surface area contributed by atoms with Gasteiger partial charge in [0.15, 0.2) is 0 Å². The fourth-order valence-electron chi connectivity index (χ4n) is 5.63. The molecular weight excluding hydrogens is 668 g/mol. The average Bonchev–Trinajstić information content (AvgIpc) is 2.58. The Bertz CT molecular complexity index is 622. The van der Waals surface area contributed by atoms with E-state index < -0.39 is 11.8 Å². The molecule has 0 N–H and O–H groups in total. The zero-order chi connectivity index (χ0) is 24.6. The van der Waals surface area contributed by atoms with E-state index in [1.54, 1.807) is 0 Å². The number of rotatable bonds is 5. The molecule has 0 radical (unpaired) electrons. The van der Waals surface area contributed by atoms with Gasteiger partial charge in [0.2, 0.25) is 0 Å². The van der Waals surface area contributed by atoms with E-state index in [-0.39, 0.29) is 21.2 Å². The van der Waals surface area contributed by atoms with Crippen LogP contribution in [-0.2, 0) is 9.47 Å². The van der Waals surface area contributed by atoms with E-state index in [9.17, 15) is 4.79 Å². The monoisotopic (exact) mass is 706 g/mol. The summed E-state index contributed by atoms with van der Waals surface area (Å²) in [5.74, 6) is 1.63. The van der Waals surface area contributed by atoms with Crippen molar-refractivity contribution in [3.8, 4) is 0 Å². The third-order valence-corrected chi connectivity index (χ3v) is 11.7. The molecule has 0 aromatic heterocycles. The zero-order valence-corrected chi connectivity index (χ0v) is 27.2. The quantitative estimate of drug-likeness (QED) is 0.211. The Morgan fingerprint density at radius 3 is 1.56 bits per heavy atom. The van der Waals surface area contributed by atoms with Crippen LogP contribution in [0.1, 0.15) is 87.5 Å². The SMILES string of the molecule is CCC(C)(C)OC(=O)OC1CC(Br)C(C(C)(C)C2C(Br)CC(C(C)(C)C)CC2Br)C(Br)C1. The fourth-order valence-corrected chi connectivity index (χ4v) is 12.4. The third kappa shape index (κ3) is 7.12. The van der Waals surface area contributed by atoms with Crippen molar-refractivity contribution < 1.29 is 14.3 Å². The minimum Gasteiger partial charge on any atom is -0.431 e. The first-order valence-corrected chi connectivity index (χ1v) is 15.6. The van der Waals surface area contributed by atoms with Crippen LogP contribution in [0.2, 0.25) is 0 Å². The highest BCUT2D eigenvalue weighted by Crippen LogP contribution is 2.57. The van der Waals surface area contributed by atoms with Crippen molar-refractivity contribution in [2.45, 2.75) is 119 Å². The Hall–Kier alpha value is 1.19. The lowest BCUT2D eigenvalue weighted by Crippen LogP contribution is -2.54. The summed E-state index contributed by atoms with van der Waals surface area (Å²) in [6, 6.07) is 0. The van der Waals surface area contributed by atoms with Gasteiger partial charge < -0.3 is 9.47 Å². The summed E-state index contributed by atoms with van der Waals surface area (Å²) in [6.45, 7) is 17.8. The minimum atomic E-state index is -0.555. The highest BCUT2D eigenvalue weighted by molar-refractivity contribution is 9.10. The molecule has 0 aliphatic heterocycles. The van der Waals surface area contributed by atoms with Crippen LogP contribution in [0.15, 0.2) is 0 Å². The van der Waals surface area contributed by atoms with Crippen molar-refractivity contribution in [2.24, 2.45) is 28.6 Å². The van der Waals surface area contributed by atoms with E-state index in [0.717, 1.165) is 19.3 Å². The summed E-state index contributed by atoms with van der Waals surface area (Å²) in [6.07, 6.45) is 4.07. The second-order valence-electron chi connectivity index (χ2n) is 12.1. The van der Waals surface area contributed by atoms with E-state index in [0.29, 0.717) is 32.8 Å². The molecule has 0 spiro atoms. The first-order chi connectivity index (χ1) is 14.5. The number of carbonyl (C=O) groups excluding carboxylic acids is 1. The lowest BCUT2D eigenvalue weighted by atomic mass is 9.58. The van der Waals surface area contributed by atoms with Crippen molar-refractivity contribution >= 4 is 69.9 Å². The van der Waals surface area contributed by atoms with Crippen LogP contribution < -0.4 is 0 Å². The van der Waals surface area contributed by atoms with Gasteiger partial charge in [0.25, 0.3) is 0 Å². The lowest BCUT2D eigenvalue weighted by Gasteiger charge is -2.54. The molecule has 0 bridgehead atoms. The Morgan fingerprint density at radius 2 is 1.19 bits per heavy atom. The Morgan fingerprint density at radius 1 is 0.781 bits per heavy atom. The smallest absolute Gasteiger partial charge is 0.431 e. The predicted octanol–water partition coefficient (Wildman–Crippen LogP) is 9.26. The molecule has 2 rings (SSSR count). The zero-order valence-electron chi connectivity index (χ0n) is 20.9. The number of ether oxygens (including phenoxy) is 2. The topological polar surface area (TPSA) is 35.5 Å². The van der Waals surface area contributed by atoms with Gasteiger partial charge in [-0.2, -0.15) is 0 Å². The summed E-state index contributed by atoms with van der Waals surface area (Å²) < 4.78 is 11.2. The average molecular weight is 710 g/mol. The van der Waals surface area contributed by atoms with Crippen LogP contribution in [-0.4, -0.2) is 37.2 Å². The number of halogens is 4. The Kier molecular flexibility index (Phi) is 10.2. The normalized spacial score (nSPS) is 37.1. The second kappa shape index (κ2) is 11.1. The van der Waals surface area contributed by atoms with Gasteiger partial charge in [-0.05, 0) is 74.5 Å². The minimum absolute atomic E-state index is 0.0865. The maximum atomic E-state index is 12.3. The molecule has 0 aromatic carbocycles. The Labute approximate surface area is 229 Å². The molecule has 3 nitrogen and oxygen atoms in total. The van der Waals surface area contributed by atoms with Crippen LogP contribution in [0.25, 0.3) is 0 Å². The van der Waals surface area contributed by atoms with Gasteiger partial charge >= 0.3 is 6.16 Å². The van der Waals surface area contributed by atoms with Gasteiger partial charge in [-0.1, -0.05) is 105 Å². The maximum absolute atomic E-state index is 12.3. The van der Waals surface area contributed by atoms with Gasteiger partial charge in [0.05, 0.1) is 0 Å². The molecular formula is C25H42Br4O3. The summed E-state index contributed by atoms with van der Waals surface area (Å²) in [5, 5.41) is 0. The molecule has 0 saturated heterocycles. The predicted molar refractivity (Wildman–Crippen MR) is 149 cm³/mol. The van der Waals surface area contributed by atoms with E-state index in [1.165, 1.54) is 12.8 Å². The van der Waals surface area contributed by atoms with Crippen molar-refractivity contribution in [3.63, 3.8) is 0 Å². The molecule has 4 unspecified atom stereocenters. The van der Waals surface area contributed by atoms with Gasteiger partial charge in [0.1, 0.15) is 11.7 Å². The molecule has 2 aliphatic rings. The highest BCUT2D eigenvalue weighted by atomic mass is 79.9. The molecule has 0 amide bonds. The van der Waals surface area contributed by atoms with Gasteiger partial charge in [-0.25, -0.2) is 4.79 Å². The van der Waals surface area contributed by atoms with Crippen molar-refractivity contribution in [1.82, 2.24) is 0 Å². The number of carbonyl (C=O) groups is 1. The highest BCUT2D eigenvalue weighted by Gasteiger charge is 2.53. The lowest BCUT2D eigenvalue weighted by molar-refractivity contribution is -0.0487. The molecule has 2 saturated carbocycles. The van der Waals surface area contributed by atoms with Crippen LogP contribution in [0.3, 0.4) is 0 Å². The first-order valence-electron chi connectivity index (χ1n) is 12.0. The van der Waals surface area contributed by atoms with Crippen LogP contribution in [0.5, 0.6) is 0 Å². The molecule has 32 heavy (non-hydrogen) atoms. The van der Waals surface area contributed by atoms with E-state index in [2.05, 4.69) is 98.3 Å². The molecule has 188 valence electrons. The Balaban J connectivity index is 2.09. The van der Waals surface area contributed by atoms with Crippen molar-refractivity contribution in [1.29, 1.82) is 0 Å². The molecule has 2 fully saturated rings. The second-order valence-corrected chi connectivity index (χ2v) is 16.9. The molecule has 2 aliphatic carbocycles. The number of hydrogen-bond acceptors (Lipinski definition) is 3. The first kappa shape index (κ1) is 29.4. The molecule has 0 heterocycles. The fraction of sp³-hybridized carbons (Fsp3) is 0.960. The van der Waals surface area contributed by atoms with Crippen molar-refractivity contribution in [3.05, 3.63) is 0 Å². The molecule has 0 aromatic rings. The van der Waals surface area contributed by atoms with E-state index in [4.69, 9.17) is 9.47 Å². The summed E-state index contributed by atoms with van der Waals surface area (Å²) in [5.41, 5.74) is -0.0951. The van der Waals surface area contributed by atoms with Crippen molar-refractivity contribution in [2.75, 3.05) is 0 Å². The molecule has 7 heteroatoms. The number of alkyl halides is 4. The van der Waals surface area contributed by atoms with E-state index >= 15 is 0 Å². The molecule has 4 atom stereocenters. The van der Waals surface area contributed by atoms with Crippen LogP contribution >= 0.6 is 63.7 Å². The largest absolute Gasteiger partial charge is 0.509 e. The standard InChI is InChI=1S/C25H42Br4O3/c1-9-24(5,6)32-22(30)31-15-12-18(28)21(19(29)13-15)25(7,8)20-16(26)10-14(11-17(20)27)23(2,3)4/h14-21H,9-13H2,1-8H3. The summed E-state index contributed by atoms with van der Waals surface area (Å²) in [7, 11) is 0. The van der Waals surface area contributed by atoms with Crippen LogP contribution in [0.4, 0.5) is 4.79 Å². The van der Waals surface area contributed by atoms with E-state index in [1.807, 2.05) is 20.8 Å². The number of hydrogen-bond donors (Lipinski definition) is 0. The van der Waals surface area contributed by atoms with Gasteiger partial charge in [0, 0.05) is 19.3 Å². The summed E-state index contributed by atoms with van der Waals surface area (Å²) >= 11 is 16.2.